The molecule has 0 radical (unpaired) electrons. The van der Waals surface area contributed by atoms with Crippen LogP contribution in [-0.2, 0) is 4.79 Å². The molecular weight excluding hydrogens is 160 g/mol. The SMILES string of the molecule is CCC[C@H](C)C[C@H](C)C[C@H](C)C=O. The van der Waals surface area contributed by atoms with Gasteiger partial charge in [0, 0.05) is 5.92 Å². The maximum Gasteiger partial charge on any atom is 0.122 e. The summed E-state index contributed by atoms with van der Waals surface area (Å²) in [5.74, 6) is 1.75. The van der Waals surface area contributed by atoms with E-state index in [0.717, 1.165) is 18.6 Å². The Balaban J connectivity index is 3.60. The van der Waals surface area contributed by atoms with Gasteiger partial charge in [0.05, 0.1) is 0 Å². The highest BCUT2D eigenvalue weighted by Gasteiger charge is 2.11. The van der Waals surface area contributed by atoms with E-state index < -0.39 is 0 Å². The maximum absolute atomic E-state index is 10.5. The Hall–Kier alpha value is -0.330. The number of aldehydes is 1. The molecule has 0 amide bonds. The molecule has 0 aromatic carbocycles. The summed E-state index contributed by atoms with van der Waals surface area (Å²) in [4.78, 5) is 10.5. The molecule has 0 spiro atoms. The van der Waals surface area contributed by atoms with E-state index in [9.17, 15) is 4.79 Å². The molecule has 0 rings (SSSR count). The maximum atomic E-state index is 10.5. The van der Waals surface area contributed by atoms with Crippen molar-refractivity contribution in [2.75, 3.05) is 0 Å². The van der Waals surface area contributed by atoms with Crippen molar-refractivity contribution in [3.63, 3.8) is 0 Å². The van der Waals surface area contributed by atoms with Crippen LogP contribution in [0.5, 0.6) is 0 Å². The van der Waals surface area contributed by atoms with Gasteiger partial charge in [-0.1, -0.05) is 40.5 Å². The molecule has 0 fully saturated rings. The summed E-state index contributed by atoms with van der Waals surface area (Å²) in [6, 6.07) is 0. The number of rotatable bonds is 7. The Morgan fingerprint density at radius 3 is 2.15 bits per heavy atom. The third kappa shape index (κ3) is 6.80. The van der Waals surface area contributed by atoms with Gasteiger partial charge in [-0.3, -0.25) is 0 Å². The van der Waals surface area contributed by atoms with Gasteiger partial charge in [-0.05, 0) is 24.7 Å². The van der Waals surface area contributed by atoms with Gasteiger partial charge in [-0.2, -0.15) is 0 Å². The fourth-order valence-electron chi connectivity index (χ4n) is 2.08. The summed E-state index contributed by atoms with van der Waals surface area (Å²) in [5.41, 5.74) is 0. The zero-order valence-electron chi connectivity index (χ0n) is 9.55. The average Bonchev–Trinajstić information content (AvgIpc) is 2.04. The molecule has 0 aromatic heterocycles. The predicted octanol–water partition coefficient (Wildman–Crippen LogP) is 3.67. The van der Waals surface area contributed by atoms with Crippen LogP contribution in [0.1, 0.15) is 53.4 Å². The standard InChI is InChI=1S/C12H24O/c1-5-6-10(2)7-11(3)8-12(4)9-13/h9-12H,5-8H2,1-4H3/t10-,11-,12-/m0/s1. The zero-order valence-corrected chi connectivity index (χ0v) is 9.55. The lowest BCUT2D eigenvalue weighted by Crippen LogP contribution is -2.08. The Morgan fingerprint density at radius 1 is 1.08 bits per heavy atom. The molecule has 1 heteroatoms. The fraction of sp³-hybridized carbons (Fsp3) is 0.917. The highest BCUT2D eigenvalue weighted by Crippen LogP contribution is 2.21. The van der Waals surface area contributed by atoms with E-state index >= 15 is 0 Å². The summed E-state index contributed by atoms with van der Waals surface area (Å²) < 4.78 is 0. The molecule has 0 aliphatic carbocycles. The Bertz CT molecular complexity index is 131. The molecule has 0 saturated heterocycles. The van der Waals surface area contributed by atoms with Crippen molar-refractivity contribution in [1.29, 1.82) is 0 Å². The molecule has 13 heavy (non-hydrogen) atoms. The minimum atomic E-state index is 0.240. The molecule has 0 aromatic rings. The van der Waals surface area contributed by atoms with E-state index in [2.05, 4.69) is 20.8 Å². The summed E-state index contributed by atoms with van der Waals surface area (Å²) in [6.07, 6.45) is 5.99. The van der Waals surface area contributed by atoms with Crippen LogP contribution in [0.15, 0.2) is 0 Å². The lowest BCUT2D eigenvalue weighted by molar-refractivity contribution is -0.111. The lowest BCUT2D eigenvalue weighted by Gasteiger charge is -2.17. The fourth-order valence-corrected chi connectivity index (χ4v) is 2.08. The van der Waals surface area contributed by atoms with Gasteiger partial charge in [-0.15, -0.1) is 0 Å². The van der Waals surface area contributed by atoms with Crippen LogP contribution < -0.4 is 0 Å². The lowest BCUT2D eigenvalue weighted by atomic mass is 9.88. The van der Waals surface area contributed by atoms with E-state index in [1.165, 1.54) is 19.3 Å². The average molecular weight is 184 g/mol. The minimum Gasteiger partial charge on any atom is -0.303 e. The Morgan fingerprint density at radius 2 is 1.69 bits per heavy atom. The van der Waals surface area contributed by atoms with Crippen molar-refractivity contribution in [2.45, 2.75) is 53.4 Å². The molecule has 0 unspecified atom stereocenters. The monoisotopic (exact) mass is 184 g/mol. The number of hydrogen-bond acceptors (Lipinski definition) is 1. The van der Waals surface area contributed by atoms with Crippen LogP contribution in [0, 0.1) is 17.8 Å². The highest BCUT2D eigenvalue weighted by molar-refractivity contribution is 5.52. The van der Waals surface area contributed by atoms with Crippen LogP contribution in [-0.4, -0.2) is 6.29 Å². The van der Waals surface area contributed by atoms with Crippen molar-refractivity contribution < 1.29 is 4.79 Å². The highest BCUT2D eigenvalue weighted by atomic mass is 16.1. The topological polar surface area (TPSA) is 17.1 Å². The van der Waals surface area contributed by atoms with Crippen molar-refractivity contribution in [3.8, 4) is 0 Å². The summed E-state index contributed by atoms with van der Waals surface area (Å²) >= 11 is 0. The molecule has 0 saturated carbocycles. The first kappa shape index (κ1) is 12.7. The van der Waals surface area contributed by atoms with Crippen LogP contribution >= 0.6 is 0 Å². The molecule has 0 heterocycles. The van der Waals surface area contributed by atoms with Crippen LogP contribution in [0.4, 0.5) is 0 Å². The Labute approximate surface area is 82.9 Å². The van der Waals surface area contributed by atoms with Gasteiger partial charge in [0.1, 0.15) is 6.29 Å². The van der Waals surface area contributed by atoms with E-state index in [0.29, 0.717) is 5.92 Å². The minimum absolute atomic E-state index is 0.240. The quantitative estimate of drug-likeness (QED) is 0.552. The number of carbonyl (C=O) groups is 1. The van der Waals surface area contributed by atoms with Crippen LogP contribution in [0.3, 0.4) is 0 Å². The van der Waals surface area contributed by atoms with Crippen LogP contribution in [0.2, 0.25) is 0 Å². The second-order valence-electron chi connectivity index (χ2n) is 4.58. The summed E-state index contributed by atoms with van der Waals surface area (Å²) in [6.45, 7) is 8.81. The normalized spacial score (nSPS) is 17.8. The molecule has 78 valence electrons. The second kappa shape index (κ2) is 7.11. The number of carbonyl (C=O) groups excluding carboxylic acids is 1. The molecule has 1 nitrogen and oxygen atoms in total. The van der Waals surface area contributed by atoms with E-state index in [-0.39, 0.29) is 5.92 Å². The molecule has 0 aliphatic rings. The van der Waals surface area contributed by atoms with Gasteiger partial charge < -0.3 is 4.79 Å². The molecule has 3 atom stereocenters. The largest absolute Gasteiger partial charge is 0.303 e. The molecule has 0 N–H and O–H groups in total. The zero-order chi connectivity index (χ0) is 10.3. The first-order chi connectivity index (χ1) is 6.10. The van der Waals surface area contributed by atoms with Crippen molar-refractivity contribution >= 4 is 6.29 Å². The smallest absolute Gasteiger partial charge is 0.122 e. The van der Waals surface area contributed by atoms with Crippen LogP contribution in [0.25, 0.3) is 0 Å². The van der Waals surface area contributed by atoms with Gasteiger partial charge in [0.15, 0.2) is 0 Å². The van der Waals surface area contributed by atoms with Gasteiger partial charge >= 0.3 is 0 Å². The van der Waals surface area contributed by atoms with Crippen molar-refractivity contribution in [3.05, 3.63) is 0 Å². The van der Waals surface area contributed by atoms with E-state index in [1.807, 2.05) is 6.92 Å². The van der Waals surface area contributed by atoms with Gasteiger partial charge in [0.2, 0.25) is 0 Å². The van der Waals surface area contributed by atoms with Crippen molar-refractivity contribution in [2.24, 2.45) is 17.8 Å². The second-order valence-corrected chi connectivity index (χ2v) is 4.58. The molecule has 0 aliphatic heterocycles. The number of hydrogen-bond donors (Lipinski definition) is 0. The Kier molecular flexibility index (Phi) is 6.93. The summed E-state index contributed by atoms with van der Waals surface area (Å²) in [7, 11) is 0. The summed E-state index contributed by atoms with van der Waals surface area (Å²) in [5, 5.41) is 0. The van der Waals surface area contributed by atoms with Gasteiger partial charge in [0.25, 0.3) is 0 Å². The molecular formula is C12H24O. The van der Waals surface area contributed by atoms with Crippen molar-refractivity contribution in [1.82, 2.24) is 0 Å². The van der Waals surface area contributed by atoms with E-state index in [1.54, 1.807) is 0 Å². The molecule has 0 bridgehead atoms. The third-order valence-electron chi connectivity index (χ3n) is 2.59. The first-order valence-electron chi connectivity index (χ1n) is 5.55. The predicted molar refractivity (Wildman–Crippen MR) is 57.7 cm³/mol. The van der Waals surface area contributed by atoms with Gasteiger partial charge in [-0.25, -0.2) is 0 Å². The van der Waals surface area contributed by atoms with E-state index in [4.69, 9.17) is 0 Å². The first-order valence-corrected chi connectivity index (χ1v) is 5.55. The third-order valence-corrected chi connectivity index (χ3v) is 2.59.